The Bertz CT molecular complexity index is 461. The molecule has 1 fully saturated rings. The van der Waals surface area contributed by atoms with Crippen LogP contribution in [0.2, 0.25) is 0 Å². The van der Waals surface area contributed by atoms with Crippen molar-refractivity contribution in [2.45, 2.75) is 19.8 Å². The number of likely N-dealkylation sites (tertiary alicyclic amines) is 1. The second-order valence-electron chi connectivity index (χ2n) is 5.39. The molecule has 0 bridgehead atoms. The maximum absolute atomic E-state index is 12.1. The minimum Gasteiger partial charge on any atom is -0.481 e. The predicted molar refractivity (Wildman–Crippen MR) is 77.9 cm³/mol. The lowest BCUT2D eigenvalue weighted by atomic mass is 9.91. The van der Waals surface area contributed by atoms with Crippen LogP contribution in [0, 0.1) is 11.8 Å². The number of nitrogens with zero attached hydrogens (tertiary/aromatic N) is 1. The number of nitrogens with one attached hydrogen (secondary N) is 1. The van der Waals surface area contributed by atoms with Crippen LogP contribution in [-0.4, -0.2) is 41.6 Å². The van der Waals surface area contributed by atoms with Crippen molar-refractivity contribution in [1.82, 2.24) is 10.2 Å². The largest absolute Gasteiger partial charge is 0.481 e. The molecule has 2 N–H and O–H groups in total. The van der Waals surface area contributed by atoms with Gasteiger partial charge in [-0.1, -0.05) is 6.92 Å². The first kappa shape index (κ1) is 14.8. The molecule has 110 valence electrons. The van der Waals surface area contributed by atoms with Crippen LogP contribution in [0.5, 0.6) is 0 Å². The standard InChI is InChI=1S/C14H20N2O3S/c1-10-6-12(13(17)18)8-16(7-10)14(19)15-4-2-11-3-5-20-9-11/h3,5,9-10,12H,2,4,6-8H2,1H3,(H,15,19)(H,17,18). The molecule has 1 aliphatic rings. The number of amides is 2. The fourth-order valence-electron chi connectivity index (χ4n) is 2.56. The van der Waals surface area contributed by atoms with E-state index in [0.717, 1.165) is 6.42 Å². The second kappa shape index (κ2) is 6.74. The van der Waals surface area contributed by atoms with Gasteiger partial charge in [-0.2, -0.15) is 11.3 Å². The third-order valence-corrected chi connectivity index (χ3v) is 4.30. The van der Waals surface area contributed by atoms with Gasteiger partial charge in [0.15, 0.2) is 0 Å². The molecule has 1 aliphatic heterocycles. The minimum atomic E-state index is -0.812. The van der Waals surface area contributed by atoms with E-state index in [1.807, 2.05) is 18.4 Å². The van der Waals surface area contributed by atoms with Gasteiger partial charge in [-0.25, -0.2) is 4.79 Å². The summed E-state index contributed by atoms with van der Waals surface area (Å²) < 4.78 is 0. The number of carbonyl (C=O) groups excluding carboxylic acids is 1. The highest BCUT2D eigenvalue weighted by Crippen LogP contribution is 2.21. The van der Waals surface area contributed by atoms with Crippen molar-refractivity contribution in [1.29, 1.82) is 0 Å². The molecule has 0 saturated carbocycles. The third kappa shape index (κ3) is 3.96. The molecule has 0 aromatic carbocycles. The van der Waals surface area contributed by atoms with Crippen LogP contribution >= 0.6 is 11.3 Å². The van der Waals surface area contributed by atoms with Crippen molar-refractivity contribution in [2.24, 2.45) is 11.8 Å². The summed E-state index contributed by atoms with van der Waals surface area (Å²) in [6.45, 7) is 3.51. The maximum atomic E-state index is 12.1. The van der Waals surface area contributed by atoms with Crippen molar-refractivity contribution in [3.8, 4) is 0 Å². The predicted octanol–water partition coefficient (Wildman–Crippen LogP) is 2.04. The van der Waals surface area contributed by atoms with Crippen molar-refractivity contribution in [3.05, 3.63) is 22.4 Å². The number of hydrogen-bond acceptors (Lipinski definition) is 3. The summed E-state index contributed by atoms with van der Waals surface area (Å²) >= 11 is 1.64. The number of carbonyl (C=O) groups is 2. The van der Waals surface area contributed by atoms with Gasteiger partial charge in [0.2, 0.25) is 0 Å². The molecule has 1 aromatic heterocycles. The van der Waals surface area contributed by atoms with Crippen LogP contribution in [0.3, 0.4) is 0 Å². The molecule has 2 rings (SSSR count). The zero-order chi connectivity index (χ0) is 14.5. The fourth-order valence-corrected chi connectivity index (χ4v) is 3.26. The molecule has 5 nitrogen and oxygen atoms in total. The van der Waals surface area contributed by atoms with Crippen LogP contribution in [0.4, 0.5) is 4.79 Å². The molecule has 1 aromatic rings. The Kier molecular flexibility index (Phi) is 5.00. The van der Waals surface area contributed by atoms with Gasteiger partial charge >= 0.3 is 12.0 Å². The van der Waals surface area contributed by atoms with Gasteiger partial charge in [-0.3, -0.25) is 4.79 Å². The molecule has 0 aliphatic carbocycles. The molecule has 6 heteroatoms. The number of urea groups is 1. The Labute approximate surface area is 122 Å². The van der Waals surface area contributed by atoms with E-state index in [9.17, 15) is 9.59 Å². The van der Waals surface area contributed by atoms with E-state index < -0.39 is 11.9 Å². The zero-order valence-electron chi connectivity index (χ0n) is 11.5. The monoisotopic (exact) mass is 296 g/mol. The minimum absolute atomic E-state index is 0.155. The number of carboxylic acid groups (broad SMARTS) is 1. The Morgan fingerprint density at radius 2 is 2.30 bits per heavy atom. The highest BCUT2D eigenvalue weighted by molar-refractivity contribution is 7.07. The summed E-state index contributed by atoms with van der Waals surface area (Å²) in [4.78, 5) is 24.8. The normalized spacial score (nSPS) is 22.6. The van der Waals surface area contributed by atoms with E-state index in [4.69, 9.17) is 5.11 Å². The number of rotatable bonds is 4. The number of hydrogen-bond donors (Lipinski definition) is 2. The van der Waals surface area contributed by atoms with Gasteiger partial charge in [0, 0.05) is 19.6 Å². The highest BCUT2D eigenvalue weighted by Gasteiger charge is 2.31. The Morgan fingerprint density at radius 3 is 2.95 bits per heavy atom. The summed E-state index contributed by atoms with van der Waals surface area (Å²) in [5, 5.41) is 16.0. The van der Waals surface area contributed by atoms with Gasteiger partial charge < -0.3 is 15.3 Å². The van der Waals surface area contributed by atoms with Crippen LogP contribution in [-0.2, 0) is 11.2 Å². The van der Waals surface area contributed by atoms with Gasteiger partial charge in [0.05, 0.1) is 5.92 Å². The quantitative estimate of drug-likeness (QED) is 0.893. The Hall–Kier alpha value is -1.56. The van der Waals surface area contributed by atoms with Gasteiger partial charge in [0.25, 0.3) is 0 Å². The molecule has 2 unspecified atom stereocenters. The van der Waals surface area contributed by atoms with Gasteiger partial charge in [-0.05, 0) is 41.1 Å². The van der Waals surface area contributed by atoms with Crippen LogP contribution in [0.1, 0.15) is 18.9 Å². The molecule has 0 spiro atoms. The van der Waals surface area contributed by atoms with E-state index in [1.54, 1.807) is 16.2 Å². The molecule has 2 atom stereocenters. The average molecular weight is 296 g/mol. The first-order valence-corrected chi connectivity index (χ1v) is 7.77. The van der Waals surface area contributed by atoms with Crippen molar-refractivity contribution >= 4 is 23.3 Å². The molecule has 2 amide bonds. The zero-order valence-corrected chi connectivity index (χ0v) is 12.4. The summed E-state index contributed by atoms with van der Waals surface area (Å²) in [6.07, 6.45) is 1.45. The van der Waals surface area contributed by atoms with E-state index >= 15 is 0 Å². The Balaban J connectivity index is 1.80. The Morgan fingerprint density at radius 1 is 1.50 bits per heavy atom. The summed E-state index contributed by atoms with van der Waals surface area (Å²) in [6, 6.07) is 1.89. The van der Waals surface area contributed by atoms with Crippen molar-refractivity contribution in [2.75, 3.05) is 19.6 Å². The number of piperidine rings is 1. The maximum Gasteiger partial charge on any atom is 0.317 e. The fraction of sp³-hybridized carbons (Fsp3) is 0.571. The van der Waals surface area contributed by atoms with Crippen LogP contribution < -0.4 is 5.32 Å². The van der Waals surface area contributed by atoms with Crippen LogP contribution in [0.15, 0.2) is 16.8 Å². The third-order valence-electron chi connectivity index (χ3n) is 3.57. The molecular weight excluding hydrogens is 276 g/mol. The molecule has 0 radical (unpaired) electrons. The SMILES string of the molecule is CC1CC(C(=O)O)CN(C(=O)NCCc2ccsc2)C1. The van der Waals surface area contributed by atoms with E-state index in [0.29, 0.717) is 26.1 Å². The average Bonchev–Trinajstić information content (AvgIpc) is 2.91. The van der Waals surface area contributed by atoms with E-state index in [1.165, 1.54) is 5.56 Å². The topological polar surface area (TPSA) is 69.6 Å². The molecule has 1 saturated heterocycles. The molecule has 2 heterocycles. The first-order valence-electron chi connectivity index (χ1n) is 6.83. The van der Waals surface area contributed by atoms with Crippen molar-refractivity contribution < 1.29 is 14.7 Å². The lowest BCUT2D eigenvalue weighted by Crippen LogP contribution is -2.49. The van der Waals surface area contributed by atoms with Crippen molar-refractivity contribution in [3.63, 3.8) is 0 Å². The van der Waals surface area contributed by atoms with Crippen LogP contribution in [0.25, 0.3) is 0 Å². The molecular formula is C14H20N2O3S. The summed E-state index contributed by atoms with van der Waals surface area (Å²) in [7, 11) is 0. The molecule has 20 heavy (non-hydrogen) atoms. The van der Waals surface area contributed by atoms with Gasteiger partial charge in [0.1, 0.15) is 0 Å². The van der Waals surface area contributed by atoms with E-state index in [-0.39, 0.29) is 11.9 Å². The van der Waals surface area contributed by atoms with E-state index in [2.05, 4.69) is 10.7 Å². The number of aliphatic carboxylic acids is 1. The first-order chi connectivity index (χ1) is 9.56. The van der Waals surface area contributed by atoms with Gasteiger partial charge in [-0.15, -0.1) is 0 Å². The summed E-state index contributed by atoms with van der Waals surface area (Å²) in [5.74, 6) is -1.03. The smallest absolute Gasteiger partial charge is 0.317 e. The number of carboxylic acids is 1. The lowest BCUT2D eigenvalue weighted by Gasteiger charge is -2.34. The summed E-state index contributed by atoms with van der Waals surface area (Å²) in [5.41, 5.74) is 1.21. The lowest BCUT2D eigenvalue weighted by molar-refractivity contribution is -0.143. The second-order valence-corrected chi connectivity index (χ2v) is 6.17. The highest BCUT2D eigenvalue weighted by atomic mass is 32.1. The number of thiophene rings is 1.